The Morgan fingerprint density at radius 2 is 1.51 bits per heavy atom. The van der Waals surface area contributed by atoms with Crippen LogP contribution in [0.1, 0.15) is 189 Å². The standard InChI is InChI=1S/C51H93N2O9P/c1-10-11-12-13-14-15-16-17-18-19-20-21-33-52-48(54)61-43(38-60-63(56,57)59-35-34-53(7,8)9)37-58-49(55)62-42-29-31-50(5)41(36-42)25-26-44-46-28-27-45(40(4)24-22-23-39(2)3)51(46,6)32-30-47(44)50/h25,39-40,42-47H,10-24,26-38H2,1-9H3,(H-,52,54,56,57)/t40-,42+,43?,44+,45-,46+,47+,50+,51-/m1/s1. The Hall–Kier alpha value is -1.65. The van der Waals surface area contributed by atoms with E-state index in [4.69, 9.17) is 23.3 Å². The van der Waals surface area contributed by atoms with Crippen LogP contribution in [0.2, 0.25) is 0 Å². The number of phosphoric acid groups is 1. The van der Waals surface area contributed by atoms with Gasteiger partial charge in [0.2, 0.25) is 0 Å². The fourth-order valence-electron chi connectivity index (χ4n) is 12.2. The van der Waals surface area contributed by atoms with Gasteiger partial charge in [-0.05, 0) is 97.7 Å². The van der Waals surface area contributed by atoms with E-state index in [0.29, 0.717) is 35.3 Å². The summed E-state index contributed by atoms with van der Waals surface area (Å²) in [5.74, 6) is 4.57. The monoisotopic (exact) mass is 909 g/mol. The Bertz CT molecular complexity index is 1450. The van der Waals surface area contributed by atoms with Gasteiger partial charge < -0.3 is 38.0 Å². The Balaban J connectivity index is 1.24. The molecule has 0 aromatic heterocycles. The molecule has 2 unspecified atom stereocenters. The maximum atomic E-state index is 13.2. The van der Waals surface area contributed by atoms with Crippen LogP contribution >= 0.6 is 7.82 Å². The molecule has 3 saturated carbocycles. The minimum absolute atomic E-state index is 0.0607. The molecule has 0 aliphatic heterocycles. The molecule has 0 saturated heterocycles. The average Bonchev–Trinajstić information content (AvgIpc) is 3.57. The van der Waals surface area contributed by atoms with Crippen LogP contribution in [0.15, 0.2) is 11.6 Å². The van der Waals surface area contributed by atoms with Crippen LogP contribution in [0.25, 0.3) is 0 Å². The maximum absolute atomic E-state index is 13.2. The Morgan fingerprint density at radius 1 is 0.841 bits per heavy atom. The van der Waals surface area contributed by atoms with Crippen molar-refractivity contribution < 1.29 is 46.8 Å². The van der Waals surface area contributed by atoms with Gasteiger partial charge >= 0.3 is 12.2 Å². The summed E-state index contributed by atoms with van der Waals surface area (Å²) in [6.45, 7) is 14.4. The van der Waals surface area contributed by atoms with E-state index in [1.54, 1.807) is 0 Å². The molecule has 0 radical (unpaired) electrons. The second-order valence-corrected chi connectivity index (χ2v) is 23.7. The van der Waals surface area contributed by atoms with Crippen molar-refractivity contribution in [1.29, 1.82) is 0 Å². The third kappa shape index (κ3) is 17.5. The summed E-state index contributed by atoms with van der Waals surface area (Å²) in [6, 6.07) is 0. The Kier molecular flexibility index (Phi) is 22.3. The number of carbonyl (C=O) groups is 2. The van der Waals surface area contributed by atoms with E-state index in [9.17, 15) is 19.0 Å². The summed E-state index contributed by atoms with van der Waals surface area (Å²) in [7, 11) is 1.07. The number of likely N-dealkylation sites (N-methyl/N-ethyl adjacent to an activating group) is 1. The molecule has 3 fully saturated rings. The van der Waals surface area contributed by atoms with Crippen molar-refractivity contribution in [3.8, 4) is 0 Å². The number of ether oxygens (including phenoxy) is 3. The van der Waals surface area contributed by atoms with Crippen LogP contribution in [0.5, 0.6) is 0 Å². The largest absolute Gasteiger partial charge is 0.756 e. The van der Waals surface area contributed by atoms with Crippen LogP contribution < -0.4 is 10.2 Å². The molecule has 4 rings (SSSR count). The number of phosphoric ester groups is 1. The lowest BCUT2D eigenvalue weighted by Crippen LogP contribution is -2.51. The minimum Gasteiger partial charge on any atom is -0.756 e. The summed E-state index contributed by atoms with van der Waals surface area (Å²) in [5, 5.41) is 2.76. The molecule has 366 valence electrons. The van der Waals surface area contributed by atoms with Crippen molar-refractivity contribution in [2.45, 2.75) is 201 Å². The van der Waals surface area contributed by atoms with Crippen molar-refractivity contribution in [2.75, 3.05) is 54.1 Å². The molecular weight excluding hydrogens is 816 g/mol. The van der Waals surface area contributed by atoms with Crippen LogP contribution in [-0.4, -0.2) is 83.0 Å². The van der Waals surface area contributed by atoms with E-state index in [1.165, 1.54) is 108 Å². The number of hydrogen-bond acceptors (Lipinski definition) is 9. The average molecular weight is 909 g/mol. The van der Waals surface area contributed by atoms with Crippen molar-refractivity contribution in [3.63, 3.8) is 0 Å². The van der Waals surface area contributed by atoms with Gasteiger partial charge in [0.05, 0.1) is 27.7 Å². The van der Waals surface area contributed by atoms with Gasteiger partial charge in [0, 0.05) is 13.0 Å². The molecule has 0 aromatic carbocycles. The van der Waals surface area contributed by atoms with Gasteiger partial charge in [-0.1, -0.05) is 143 Å². The summed E-state index contributed by atoms with van der Waals surface area (Å²) in [6.07, 6.45) is 26.9. The van der Waals surface area contributed by atoms with E-state index in [1.807, 2.05) is 21.1 Å². The molecule has 0 heterocycles. The Labute approximate surface area is 384 Å². The molecule has 1 N–H and O–H groups in total. The van der Waals surface area contributed by atoms with Crippen molar-refractivity contribution in [2.24, 2.45) is 46.3 Å². The molecule has 4 aliphatic carbocycles. The smallest absolute Gasteiger partial charge is 0.508 e. The number of nitrogens with one attached hydrogen (secondary N) is 1. The quantitative estimate of drug-likeness (QED) is 0.0256. The second kappa shape index (κ2) is 26.0. The molecule has 10 atom stereocenters. The summed E-state index contributed by atoms with van der Waals surface area (Å²) in [4.78, 5) is 38.6. The second-order valence-electron chi connectivity index (χ2n) is 22.3. The van der Waals surface area contributed by atoms with E-state index in [2.05, 4.69) is 52.9 Å². The highest BCUT2D eigenvalue weighted by Crippen LogP contribution is 2.67. The number of rotatable bonds is 29. The van der Waals surface area contributed by atoms with E-state index in [0.717, 1.165) is 68.1 Å². The van der Waals surface area contributed by atoms with Gasteiger partial charge in [-0.2, -0.15) is 0 Å². The van der Waals surface area contributed by atoms with E-state index in [-0.39, 0.29) is 18.1 Å². The molecule has 11 nitrogen and oxygen atoms in total. The zero-order valence-electron chi connectivity index (χ0n) is 41.6. The van der Waals surface area contributed by atoms with Crippen molar-refractivity contribution in [1.82, 2.24) is 5.32 Å². The molecule has 63 heavy (non-hydrogen) atoms. The van der Waals surface area contributed by atoms with Gasteiger partial charge in [-0.3, -0.25) is 4.57 Å². The number of carbonyl (C=O) groups excluding carboxylic acids is 2. The molecule has 0 bridgehead atoms. The number of hydrogen-bond donors (Lipinski definition) is 1. The summed E-state index contributed by atoms with van der Waals surface area (Å²) >= 11 is 0. The van der Waals surface area contributed by atoms with Gasteiger partial charge in [0.15, 0.2) is 6.10 Å². The number of allylic oxidation sites excluding steroid dienone is 1. The zero-order chi connectivity index (χ0) is 46.1. The summed E-state index contributed by atoms with van der Waals surface area (Å²) in [5.41, 5.74) is 1.97. The van der Waals surface area contributed by atoms with Gasteiger partial charge in [0.25, 0.3) is 7.82 Å². The summed E-state index contributed by atoms with van der Waals surface area (Å²) < 4.78 is 40.2. The number of fused-ring (bicyclic) bond motifs is 5. The highest BCUT2D eigenvalue weighted by molar-refractivity contribution is 7.45. The minimum atomic E-state index is -4.71. The lowest BCUT2D eigenvalue weighted by molar-refractivity contribution is -0.870. The van der Waals surface area contributed by atoms with Crippen molar-refractivity contribution in [3.05, 3.63) is 11.6 Å². The van der Waals surface area contributed by atoms with Gasteiger partial charge in [-0.25, -0.2) is 9.59 Å². The molecule has 0 spiro atoms. The predicted octanol–water partition coefficient (Wildman–Crippen LogP) is 12.6. The maximum Gasteiger partial charge on any atom is 0.508 e. The first-order valence-electron chi connectivity index (χ1n) is 25.7. The number of nitrogens with zero attached hydrogens (tertiary/aromatic N) is 1. The van der Waals surface area contributed by atoms with Gasteiger partial charge in [-0.15, -0.1) is 0 Å². The molecule has 1 amide bonds. The van der Waals surface area contributed by atoms with E-state index < -0.39 is 39.4 Å². The van der Waals surface area contributed by atoms with E-state index >= 15 is 0 Å². The third-order valence-electron chi connectivity index (χ3n) is 15.9. The fourth-order valence-corrected chi connectivity index (χ4v) is 12.9. The lowest BCUT2D eigenvalue weighted by atomic mass is 9.47. The molecular formula is C51H93N2O9P. The van der Waals surface area contributed by atoms with Crippen LogP contribution in [0, 0.1) is 46.3 Å². The highest BCUT2D eigenvalue weighted by Gasteiger charge is 2.59. The molecule has 0 aromatic rings. The number of alkyl carbamates (subject to hydrolysis) is 1. The molecule has 12 heteroatoms. The SMILES string of the molecule is CCCCCCCCCCCCCCNC(=O)OC(COC(=O)O[C@H]1CC[C@@]2(C)C(=CC[C@H]3[C@@H]4CC[C@H]([C@H](C)CCCC(C)C)[C@@]4(C)CC[C@@H]32)C1)COP(=O)([O-])OCC[N+](C)(C)C. The first kappa shape index (κ1) is 54.0. The zero-order valence-corrected chi connectivity index (χ0v) is 42.5. The lowest BCUT2D eigenvalue weighted by Gasteiger charge is -2.58. The highest BCUT2D eigenvalue weighted by atomic mass is 31.2. The molecule has 4 aliphatic rings. The topological polar surface area (TPSA) is 132 Å². The third-order valence-corrected chi connectivity index (χ3v) is 16.9. The Morgan fingerprint density at radius 3 is 2.16 bits per heavy atom. The first-order valence-corrected chi connectivity index (χ1v) is 27.2. The number of quaternary nitrogens is 1. The van der Waals surface area contributed by atoms with Crippen molar-refractivity contribution >= 4 is 20.1 Å². The normalized spacial score (nSPS) is 28.8. The van der Waals surface area contributed by atoms with Gasteiger partial charge in [0.1, 0.15) is 25.9 Å². The van der Waals surface area contributed by atoms with Crippen LogP contribution in [0.4, 0.5) is 9.59 Å². The number of amides is 1. The first-order chi connectivity index (χ1) is 29.9. The van der Waals surface area contributed by atoms with Crippen LogP contribution in [-0.2, 0) is 27.8 Å². The predicted molar refractivity (Wildman–Crippen MR) is 251 cm³/mol. The number of unbranched alkanes of at least 4 members (excludes halogenated alkanes) is 11. The fraction of sp³-hybridized carbons (Fsp3) is 0.922. The van der Waals surface area contributed by atoms with Crippen LogP contribution in [0.3, 0.4) is 0 Å².